The van der Waals surface area contributed by atoms with Crippen molar-refractivity contribution in [3.05, 3.63) is 0 Å². The van der Waals surface area contributed by atoms with Gasteiger partial charge in [0, 0.05) is 34.9 Å². The van der Waals surface area contributed by atoms with Crippen LogP contribution in [-0.4, -0.2) is 36.3 Å². The van der Waals surface area contributed by atoms with Gasteiger partial charge in [0.1, 0.15) is 0 Å². The fraction of sp³-hybridized carbons (Fsp3) is 1.00. The molecular weight excluding hydrogens is 313 g/mol. The Hall–Kier alpha value is 2.89. The van der Waals surface area contributed by atoms with Gasteiger partial charge in [-0.3, -0.25) is 0 Å². The van der Waals surface area contributed by atoms with Crippen LogP contribution in [0.5, 0.6) is 0 Å². The maximum Gasteiger partial charge on any atom is 2.00 e. The second-order valence-corrected chi connectivity index (χ2v) is 1.32. The Bertz CT molecular complexity index is 43.3. The molecule has 1 rings (SSSR count). The van der Waals surface area contributed by atoms with Gasteiger partial charge < -0.3 is 7.59 Å². The van der Waals surface area contributed by atoms with Crippen LogP contribution in [0.2, 0.25) is 0 Å². The Labute approximate surface area is 139 Å². The molecule has 0 aliphatic carbocycles. The molecule has 0 amide bonds. The molecule has 1 fully saturated rings. The Morgan fingerprint density at radius 3 is 1.08 bits per heavy atom. The summed E-state index contributed by atoms with van der Waals surface area (Å²) in [5, 5.41) is 0. The summed E-state index contributed by atoms with van der Waals surface area (Å²) in [6.45, 7) is 2.00. The van der Waals surface area contributed by atoms with Gasteiger partial charge in [0.2, 0.25) is 0 Å². The first-order chi connectivity index (χ1) is 2.50. The molecule has 0 aromatic carbocycles. The van der Waals surface area contributed by atoms with E-state index in [1.54, 1.807) is 0 Å². The first-order valence-electron chi connectivity index (χ1n) is 2.08. The predicted octanol–water partition coefficient (Wildman–Crippen LogP) is 2.75. The molecular formula is C4H15Cl5MgOTi. The molecule has 12 heavy (non-hydrogen) atoms. The van der Waals surface area contributed by atoms with Crippen LogP contribution in [0.1, 0.15) is 15.7 Å². The van der Waals surface area contributed by atoms with Crippen LogP contribution in [0.25, 0.3) is 0 Å². The predicted molar refractivity (Wildman–Crippen MR) is 64.3 cm³/mol. The fourth-order valence-corrected chi connectivity index (χ4v) is 0.510. The largest absolute Gasteiger partial charge is 2.00 e. The summed E-state index contributed by atoms with van der Waals surface area (Å²) in [7, 11) is 0. The minimum absolute atomic E-state index is 0. The molecule has 0 aromatic heterocycles. The summed E-state index contributed by atoms with van der Waals surface area (Å²) in [6, 6.07) is 0. The molecule has 0 saturated carbocycles. The molecule has 1 saturated heterocycles. The van der Waals surface area contributed by atoms with Gasteiger partial charge in [0.15, 0.2) is 0 Å². The zero-order valence-electron chi connectivity index (χ0n) is 8.49. The molecule has 1 aliphatic heterocycles. The second-order valence-electron chi connectivity index (χ2n) is 1.32. The van der Waals surface area contributed by atoms with E-state index >= 15 is 0 Å². The van der Waals surface area contributed by atoms with E-state index in [0.717, 1.165) is 13.2 Å². The van der Waals surface area contributed by atoms with E-state index in [-0.39, 0.29) is 110 Å². The number of rotatable bonds is 0. The van der Waals surface area contributed by atoms with Crippen LogP contribution in [0.15, 0.2) is 0 Å². The van der Waals surface area contributed by atoms with Gasteiger partial charge in [-0.15, -0.1) is 62.0 Å². The normalized spacial score (nSPS) is 10.0. The van der Waals surface area contributed by atoms with Crippen molar-refractivity contribution in [2.24, 2.45) is 0 Å². The average Bonchev–Trinajstić information content (AvgIpc) is 1.76. The molecule has 0 radical (unpaired) electrons. The first-order valence-corrected chi connectivity index (χ1v) is 2.08. The topological polar surface area (TPSA) is 9.23 Å². The van der Waals surface area contributed by atoms with Gasteiger partial charge in [-0.2, -0.15) is 0 Å². The van der Waals surface area contributed by atoms with Crippen LogP contribution in [0, 0.1) is 0 Å². The van der Waals surface area contributed by atoms with Crippen LogP contribution >= 0.6 is 62.0 Å². The van der Waals surface area contributed by atoms with Crippen molar-refractivity contribution in [2.75, 3.05) is 13.2 Å². The Morgan fingerprint density at radius 2 is 1.00 bits per heavy atom. The van der Waals surface area contributed by atoms with E-state index in [1.165, 1.54) is 12.8 Å². The molecule has 0 bridgehead atoms. The van der Waals surface area contributed by atoms with Crippen molar-refractivity contribution in [1.82, 2.24) is 0 Å². The maximum absolute atomic E-state index is 4.94. The minimum Gasteiger partial charge on any atom is -1.00 e. The molecule has 0 aromatic rings. The third-order valence-corrected chi connectivity index (χ3v) is 0.827. The van der Waals surface area contributed by atoms with Crippen molar-refractivity contribution in [1.29, 1.82) is 0 Å². The molecule has 1 aliphatic rings. The van der Waals surface area contributed by atoms with Crippen LogP contribution in [-0.2, 0) is 26.5 Å². The quantitative estimate of drug-likeness (QED) is 0.621. The molecule has 78 valence electrons. The third kappa shape index (κ3) is 29.3. The monoisotopic (exact) mass is 326 g/mol. The van der Waals surface area contributed by atoms with E-state index in [0.29, 0.717) is 0 Å². The van der Waals surface area contributed by atoms with Gasteiger partial charge in [-0.25, -0.2) is 0 Å². The number of hydrogen-bond acceptors (Lipinski definition) is 1. The zero-order valence-corrected chi connectivity index (χ0v) is 13.5. The summed E-state index contributed by atoms with van der Waals surface area (Å²) in [6.07, 6.45) is 2.56. The Kier molecular flexibility index (Phi) is 143. The number of ether oxygens (including phenoxy) is 1. The van der Waals surface area contributed by atoms with Crippen LogP contribution in [0.4, 0.5) is 0 Å². The molecule has 0 atom stereocenters. The average molecular weight is 329 g/mol. The summed E-state index contributed by atoms with van der Waals surface area (Å²) < 4.78 is 4.94. The summed E-state index contributed by atoms with van der Waals surface area (Å²) in [5.41, 5.74) is 0. The maximum atomic E-state index is 4.94. The van der Waals surface area contributed by atoms with Crippen LogP contribution in [0.3, 0.4) is 0 Å². The molecule has 0 N–H and O–H groups in total. The van der Waals surface area contributed by atoms with Crippen molar-refractivity contribution < 1.29 is 29.3 Å². The zero-order chi connectivity index (χ0) is 3.54. The number of hydrogen-bond donors (Lipinski definition) is 0. The number of halogens is 5. The van der Waals surface area contributed by atoms with E-state index in [9.17, 15) is 0 Å². The molecule has 0 unspecified atom stereocenters. The molecule has 0 spiro atoms. The van der Waals surface area contributed by atoms with Gasteiger partial charge >= 0.3 is 23.1 Å². The van der Waals surface area contributed by atoms with Gasteiger partial charge in [0.25, 0.3) is 0 Å². The Morgan fingerprint density at radius 1 is 0.750 bits per heavy atom. The minimum atomic E-state index is 0. The van der Waals surface area contributed by atoms with Gasteiger partial charge in [-0.1, -0.05) is 0 Å². The van der Waals surface area contributed by atoms with E-state index in [4.69, 9.17) is 4.74 Å². The third-order valence-electron chi connectivity index (χ3n) is 0.827. The standard InChI is InChI=1S/C4H8O.5ClH.Mg.Ti.2H/c1-2-4-5-3-1;;;;;;;;;/h1-4H2;5*1H;;;;/q;;;;;;+2;;2*-1. The fourth-order valence-electron chi connectivity index (χ4n) is 0.510. The Balaban J connectivity index is -0.00000000397. The van der Waals surface area contributed by atoms with Crippen molar-refractivity contribution >= 4 is 85.1 Å². The van der Waals surface area contributed by atoms with E-state index < -0.39 is 0 Å². The molecule has 1 heterocycles. The van der Waals surface area contributed by atoms with Crippen molar-refractivity contribution in [3.63, 3.8) is 0 Å². The smallest absolute Gasteiger partial charge is 1.00 e. The van der Waals surface area contributed by atoms with Gasteiger partial charge in [0.05, 0.1) is 0 Å². The van der Waals surface area contributed by atoms with Crippen molar-refractivity contribution in [3.8, 4) is 0 Å². The summed E-state index contributed by atoms with van der Waals surface area (Å²) in [4.78, 5) is 0. The van der Waals surface area contributed by atoms with Crippen molar-refractivity contribution in [2.45, 2.75) is 12.8 Å². The summed E-state index contributed by atoms with van der Waals surface area (Å²) >= 11 is 0. The molecule has 8 heteroatoms. The van der Waals surface area contributed by atoms with E-state index in [1.807, 2.05) is 0 Å². The summed E-state index contributed by atoms with van der Waals surface area (Å²) in [5.74, 6) is 0. The second kappa shape index (κ2) is 37.1. The SMILES string of the molecule is C1CCOC1.Cl.Cl.Cl.Cl.Cl.[H-].[H-].[Mg+2].[Ti]. The molecule has 1 nitrogen and oxygen atoms in total. The van der Waals surface area contributed by atoms with Crippen LogP contribution < -0.4 is 0 Å². The first kappa shape index (κ1) is 46.1. The van der Waals surface area contributed by atoms with Gasteiger partial charge in [-0.05, 0) is 12.8 Å². The van der Waals surface area contributed by atoms with E-state index in [2.05, 4.69) is 0 Å².